The highest BCUT2D eigenvalue weighted by atomic mass is 32.1. The van der Waals surface area contributed by atoms with Crippen LogP contribution in [0.1, 0.15) is 23.3 Å². The molecule has 1 aliphatic rings. The predicted octanol–water partition coefficient (Wildman–Crippen LogP) is 2.28. The summed E-state index contributed by atoms with van der Waals surface area (Å²) in [5.74, 6) is 0. The SMILES string of the molecule is Cc1ccsc1CCN(C)CC1CCCN1. The normalized spacial score (nSPS) is 20.8. The summed E-state index contributed by atoms with van der Waals surface area (Å²) < 4.78 is 0. The average molecular weight is 238 g/mol. The molecule has 16 heavy (non-hydrogen) atoms. The summed E-state index contributed by atoms with van der Waals surface area (Å²) in [5, 5.41) is 5.75. The fourth-order valence-corrected chi connectivity index (χ4v) is 3.23. The molecule has 0 aromatic carbocycles. The second-order valence-electron chi connectivity index (χ2n) is 4.83. The third kappa shape index (κ3) is 3.30. The molecule has 0 spiro atoms. The highest BCUT2D eigenvalue weighted by molar-refractivity contribution is 7.10. The van der Waals surface area contributed by atoms with Crippen molar-refractivity contribution < 1.29 is 0 Å². The van der Waals surface area contributed by atoms with Gasteiger partial charge in [0.2, 0.25) is 0 Å². The van der Waals surface area contributed by atoms with E-state index in [1.54, 1.807) is 4.88 Å². The number of nitrogens with zero attached hydrogens (tertiary/aromatic N) is 1. The Kier molecular flexibility index (Phi) is 4.38. The first-order valence-electron chi connectivity index (χ1n) is 6.20. The Morgan fingerprint density at radius 2 is 2.44 bits per heavy atom. The van der Waals surface area contributed by atoms with E-state index in [9.17, 15) is 0 Å². The van der Waals surface area contributed by atoms with Crippen molar-refractivity contribution in [2.75, 3.05) is 26.7 Å². The molecule has 1 N–H and O–H groups in total. The molecule has 1 aliphatic heterocycles. The maximum atomic E-state index is 3.55. The lowest BCUT2D eigenvalue weighted by Gasteiger charge is -2.20. The van der Waals surface area contributed by atoms with E-state index in [1.165, 1.54) is 44.5 Å². The van der Waals surface area contributed by atoms with E-state index in [2.05, 4.69) is 35.6 Å². The Bertz CT molecular complexity index is 315. The molecular weight excluding hydrogens is 216 g/mol. The van der Waals surface area contributed by atoms with Gasteiger partial charge in [0.05, 0.1) is 0 Å². The number of rotatable bonds is 5. The smallest absolute Gasteiger partial charge is 0.0195 e. The number of aryl methyl sites for hydroxylation is 1. The van der Waals surface area contributed by atoms with Gasteiger partial charge in [0, 0.05) is 24.0 Å². The van der Waals surface area contributed by atoms with E-state index >= 15 is 0 Å². The Hall–Kier alpha value is -0.380. The van der Waals surface area contributed by atoms with Crippen LogP contribution >= 0.6 is 11.3 Å². The van der Waals surface area contributed by atoms with Crippen LogP contribution in [0, 0.1) is 6.92 Å². The lowest BCUT2D eigenvalue weighted by Crippen LogP contribution is -2.36. The Labute approximate surface area is 103 Å². The predicted molar refractivity (Wildman–Crippen MR) is 71.3 cm³/mol. The molecular formula is C13H22N2S. The molecule has 0 radical (unpaired) electrons. The van der Waals surface area contributed by atoms with Crippen LogP contribution in [0.5, 0.6) is 0 Å². The minimum atomic E-state index is 0.731. The monoisotopic (exact) mass is 238 g/mol. The molecule has 0 amide bonds. The van der Waals surface area contributed by atoms with Crippen LogP contribution in [-0.2, 0) is 6.42 Å². The topological polar surface area (TPSA) is 15.3 Å². The molecule has 2 heterocycles. The quantitative estimate of drug-likeness (QED) is 0.846. The summed E-state index contributed by atoms with van der Waals surface area (Å²) in [5.41, 5.74) is 1.46. The zero-order valence-corrected chi connectivity index (χ0v) is 11.1. The van der Waals surface area contributed by atoms with Crippen LogP contribution in [0.3, 0.4) is 0 Å². The highest BCUT2D eigenvalue weighted by Gasteiger charge is 2.15. The summed E-state index contributed by atoms with van der Waals surface area (Å²) in [6.45, 7) is 5.80. The Morgan fingerprint density at radius 3 is 3.06 bits per heavy atom. The van der Waals surface area contributed by atoms with Gasteiger partial charge < -0.3 is 10.2 Å². The van der Waals surface area contributed by atoms with Crippen molar-refractivity contribution >= 4 is 11.3 Å². The zero-order valence-electron chi connectivity index (χ0n) is 10.3. The van der Waals surface area contributed by atoms with E-state index in [1.807, 2.05) is 11.3 Å². The third-order valence-electron chi connectivity index (χ3n) is 3.38. The van der Waals surface area contributed by atoms with E-state index in [-0.39, 0.29) is 0 Å². The molecule has 90 valence electrons. The third-order valence-corrected chi connectivity index (χ3v) is 4.47. The van der Waals surface area contributed by atoms with Crippen LogP contribution in [-0.4, -0.2) is 37.6 Å². The highest BCUT2D eigenvalue weighted by Crippen LogP contribution is 2.16. The lowest BCUT2D eigenvalue weighted by atomic mass is 10.2. The molecule has 0 aliphatic carbocycles. The number of hydrogen-bond donors (Lipinski definition) is 1. The van der Waals surface area contributed by atoms with Crippen molar-refractivity contribution in [1.82, 2.24) is 10.2 Å². The van der Waals surface area contributed by atoms with Gasteiger partial charge in [-0.2, -0.15) is 0 Å². The van der Waals surface area contributed by atoms with Crippen LogP contribution in [0.2, 0.25) is 0 Å². The van der Waals surface area contributed by atoms with Gasteiger partial charge in [-0.05, 0) is 56.8 Å². The molecule has 1 unspecified atom stereocenters. The van der Waals surface area contributed by atoms with Crippen LogP contribution in [0.15, 0.2) is 11.4 Å². The summed E-state index contributed by atoms with van der Waals surface area (Å²) in [6, 6.07) is 2.95. The number of hydrogen-bond acceptors (Lipinski definition) is 3. The molecule has 2 rings (SSSR count). The first-order chi connectivity index (χ1) is 7.75. The fourth-order valence-electron chi connectivity index (χ4n) is 2.33. The molecule has 3 heteroatoms. The van der Waals surface area contributed by atoms with Gasteiger partial charge in [-0.15, -0.1) is 11.3 Å². The summed E-state index contributed by atoms with van der Waals surface area (Å²) in [6.07, 6.45) is 3.90. The standard InChI is InChI=1S/C13H22N2S/c1-11-6-9-16-13(11)5-8-15(2)10-12-4-3-7-14-12/h6,9,12,14H,3-5,7-8,10H2,1-2H3. The summed E-state index contributed by atoms with van der Waals surface area (Å²) in [7, 11) is 2.24. The van der Waals surface area contributed by atoms with Gasteiger partial charge in [0.1, 0.15) is 0 Å². The van der Waals surface area contributed by atoms with Gasteiger partial charge in [0.15, 0.2) is 0 Å². The largest absolute Gasteiger partial charge is 0.313 e. The van der Waals surface area contributed by atoms with Crippen molar-refractivity contribution in [3.63, 3.8) is 0 Å². The summed E-state index contributed by atoms with van der Waals surface area (Å²) in [4.78, 5) is 4.01. The molecule has 1 aromatic heterocycles. The number of thiophene rings is 1. The second kappa shape index (κ2) is 5.80. The van der Waals surface area contributed by atoms with E-state index in [0.29, 0.717) is 0 Å². The summed E-state index contributed by atoms with van der Waals surface area (Å²) >= 11 is 1.89. The van der Waals surface area contributed by atoms with Crippen molar-refractivity contribution in [3.8, 4) is 0 Å². The zero-order chi connectivity index (χ0) is 11.4. The van der Waals surface area contributed by atoms with Crippen molar-refractivity contribution in [2.24, 2.45) is 0 Å². The van der Waals surface area contributed by atoms with E-state index in [0.717, 1.165) is 6.04 Å². The van der Waals surface area contributed by atoms with Crippen molar-refractivity contribution in [1.29, 1.82) is 0 Å². The van der Waals surface area contributed by atoms with Gasteiger partial charge in [-0.25, -0.2) is 0 Å². The second-order valence-corrected chi connectivity index (χ2v) is 5.83. The van der Waals surface area contributed by atoms with Crippen LogP contribution in [0.25, 0.3) is 0 Å². The first-order valence-corrected chi connectivity index (χ1v) is 7.08. The van der Waals surface area contributed by atoms with Crippen molar-refractivity contribution in [3.05, 3.63) is 21.9 Å². The Morgan fingerprint density at radius 1 is 1.56 bits per heavy atom. The van der Waals surface area contributed by atoms with Gasteiger partial charge in [0.25, 0.3) is 0 Å². The van der Waals surface area contributed by atoms with Gasteiger partial charge >= 0.3 is 0 Å². The molecule has 1 saturated heterocycles. The average Bonchev–Trinajstić information content (AvgIpc) is 2.87. The molecule has 0 bridgehead atoms. The van der Waals surface area contributed by atoms with E-state index in [4.69, 9.17) is 0 Å². The van der Waals surface area contributed by atoms with Gasteiger partial charge in [-0.3, -0.25) is 0 Å². The number of nitrogens with one attached hydrogen (secondary N) is 1. The van der Waals surface area contributed by atoms with Crippen LogP contribution < -0.4 is 5.32 Å². The number of likely N-dealkylation sites (N-methyl/N-ethyl adjacent to an activating group) is 1. The van der Waals surface area contributed by atoms with Gasteiger partial charge in [-0.1, -0.05) is 0 Å². The molecule has 2 nitrogen and oxygen atoms in total. The fraction of sp³-hybridized carbons (Fsp3) is 0.692. The van der Waals surface area contributed by atoms with Crippen molar-refractivity contribution in [2.45, 2.75) is 32.2 Å². The Balaban J connectivity index is 1.71. The molecule has 1 aromatic rings. The molecule has 1 fully saturated rings. The molecule has 1 atom stereocenters. The molecule has 0 saturated carbocycles. The minimum Gasteiger partial charge on any atom is -0.313 e. The maximum Gasteiger partial charge on any atom is 0.0195 e. The lowest BCUT2D eigenvalue weighted by molar-refractivity contribution is 0.304. The maximum absolute atomic E-state index is 3.55. The first kappa shape index (κ1) is 12.1. The van der Waals surface area contributed by atoms with E-state index < -0.39 is 0 Å². The van der Waals surface area contributed by atoms with Crippen LogP contribution in [0.4, 0.5) is 0 Å². The minimum absolute atomic E-state index is 0.731.